The van der Waals surface area contributed by atoms with Crippen LogP contribution >= 0.6 is 0 Å². The molecule has 23 heavy (non-hydrogen) atoms. The second-order valence-electron chi connectivity index (χ2n) is 6.63. The van der Waals surface area contributed by atoms with Crippen LogP contribution in [0.5, 0.6) is 0 Å². The van der Waals surface area contributed by atoms with Crippen LogP contribution in [-0.4, -0.2) is 4.57 Å². The molecule has 0 bridgehead atoms. The summed E-state index contributed by atoms with van der Waals surface area (Å²) in [4.78, 5) is 0. The summed E-state index contributed by atoms with van der Waals surface area (Å²) in [6.07, 6.45) is 7.65. The third-order valence-electron chi connectivity index (χ3n) is 4.33. The Labute approximate surface area is 139 Å². The Morgan fingerprint density at radius 3 is 1.74 bits per heavy atom. The summed E-state index contributed by atoms with van der Waals surface area (Å²) in [5.41, 5.74) is 10.1. The lowest BCUT2D eigenvalue weighted by molar-refractivity contribution is -0.600. The molecule has 0 amide bonds. The maximum absolute atomic E-state index is 3.48. The van der Waals surface area contributed by atoms with Crippen molar-refractivity contribution in [2.45, 2.75) is 41.5 Å². The van der Waals surface area contributed by atoms with Crippen molar-refractivity contribution in [2.75, 3.05) is 0 Å². The van der Waals surface area contributed by atoms with Gasteiger partial charge in [0.25, 0.3) is 0 Å². The molecule has 0 N–H and O–H groups in total. The summed E-state index contributed by atoms with van der Waals surface area (Å²) in [5.74, 6) is 0. The molecule has 117 valence electrons. The first-order valence-corrected chi connectivity index (χ1v) is 8.05. The van der Waals surface area contributed by atoms with Crippen LogP contribution in [0, 0.1) is 47.9 Å². The van der Waals surface area contributed by atoms with E-state index < -0.39 is 0 Å². The average Bonchev–Trinajstić information content (AvgIpc) is 2.85. The molecular weight excluding hydrogens is 280 g/mol. The molecule has 3 aromatic rings. The smallest absolute Gasteiger partial charge is 0.188 e. The number of benzene rings is 2. The third-order valence-corrected chi connectivity index (χ3v) is 4.33. The molecular formula is C21H24N2+. The lowest BCUT2D eigenvalue weighted by Gasteiger charge is -2.07. The fourth-order valence-corrected chi connectivity index (χ4v) is 3.67. The highest BCUT2D eigenvalue weighted by Gasteiger charge is 2.18. The maximum Gasteiger partial charge on any atom is 0.384 e. The number of aryl methyl sites for hydroxylation is 6. The van der Waals surface area contributed by atoms with E-state index in [4.69, 9.17) is 0 Å². The zero-order chi connectivity index (χ0) is 16.7. The fourth-order valence-electron chi connectivity index (χ4n) is 3.67. The lowest BCUT2D eigenvalue weighted by Crippen LogP contribution is -2.30. The van der Waals surface area contributed by atoms with Gasteiger partial charge in [-0.3, -0.25) is 0 Å². The summed E-state index contributed by atoms with van der Waals surface area (Å²) in [5, 5.41) is 0. The van der Waals surface area contributed by atoms with Crippen LogP contribution < -0.4 is 4.57 Å². The van der Waals surface area contributed by atoms with Gasteiger partial charge in [-0.2, -0.15) is 9.13 Å². The molecule has 0 aliphatic heterocycles. The molecule has 0 spiro atoms. The van der Waals surface area contributed by atoms with Gasteiger partial charge >= 0.3 is 6.33 Å². The molecule has 1 aromatic heterocycles. The molecule has 0 fully saturated rings. The Kier molecular flexibility index (Phi) is 3.85. The minimum atomic E-state index is 1.22. The number of rotatable bonds is 2. The van der Waals surface area contributed by atoms with E-state index in [1.54, 1.807) is 0 Å². The molecule has 0 saturated heterocycles. The summed E-state index contributed by atoms with van der Waals surface area (Å²) in [7, 11) is 0. The number of hydrogen-bond acceptors (Lipinski definition) is 0. The largest absolute Gasteiger partial charge is 0.384 e. The molecule has 0 aliphatic rings. The average molecular weight is 304 g/mol. The van der Waals surface area contributed by atoms with Crippen LogP contribution in [-0.2, 0) is 0 Å². The second-order valence-corrected chi connectivity index (χ2v) is 6.63. The maximum atomic E-state index is 3.48. The lowest BCUT2D eigenvalue weighted by atomic mass is 10.0. The number of aromatic nitrogens is 2. The number of hydrogen-bond donors (Lipinski definition) is 0. The first-order chi connectivity index (χ1) is 10.9. The SMILES string of the molecule is Cc1cc(C)c(-n2[c][n+](-c3c(C)cc(C)cc3C)cc2)c(C)c1. The van der Waals surface area contributed by atoms with Gasteiger partial charge in [-0.25, -0.2) is 0 Å². The van der Waals surface area contributed by atoms with Gasteiger partial charge in [0.1, 0.15) is 23.8 Å². The van der Waals surface area contributed by atoms with E-state index in [9.17, 15) is 0 Å². The standard InChI is InChI=1S/C21H24N2/c1-14-9-16(3)20(17(4)10-14)22-7-8-23(13-22)21-18(5)11-15(2)12-19(21)6/h7-12H,1-6H3/q+1. The third kappa shape index (κ3) is 2.81. The van der Waals surface area contributed by atoms with Gasteiger partial charge in [-0.05, 0) is 63.8 Å². The van der Waals surface area contributed by atoms with Crippen molar-refractivity contribution < 1.29 is 4.57 Å². The highest BCUT2D eigenvalue weighted by atomic mass is 15.1. The molecule has 1 heterocycles. The molecule has 1 radical (unpaired) electrons. The second kappa shape index (κ2) is 5.69. The summed E-state index contributed by atoms with van der Waals surface area (Å²) in [6, 6.07) is 8.90. The first-order valence-electron chi connectivity index (χ1n) is 8.05. The van der Waals surface area contributed by atoms with Crippen molar-refractivity contribution in [1.82, 2.24) is 4.57 Å². The van der Waals surface area contributed by atoms with E-state index in [1.807, 2.05) is 0 Å². The van der Waals surface area contributed by atoms with E-state index in [2.05, 4.69) is 93.7 Å². The summed E-state index contributed by atoms with van der Waals surface area (Å²) in [6.45, 7) is 12.9. The number of imidazole rings is 1. The summed E-state index contributed by atoms with van der Waals surface area (Å²) < 4.78 is 4.20. The molecule has 3 rings (SSSR count). The minimum absolute atomic E-state index is 1.22. The van der Waals surface area contributed by atoms with Crippen LogP contribution in [0.25, 0.3) is 11.4 Å². The van der Waals surface area contributed by atoms with Crippen LogP contribution in [0.1, 0.15) is 33.4 Å². The van der Waals surface area contributed by atoms with E-state index in [1.165, 1.54) is 44.8 Å². The van der Waals surface area contributed by atoms with Crippen LogP contribution in [0.3, 0.4) is 0 Å². The summed E-state index contributed by atoms with van der Waals surface area (Å²) >= 11 is 0. The predicted molar refractivity (Wildman–Crippen MR) is 94.6 cm³/mol. The zero-order valence-electron chi connectivity index (χ0n) is 14.9. The van der Waals surface area contributed by atoms with Gasteiger partial charge in [0, 0.05) is 0 Å². The molecule has 2 aromatic carbocycles. The van der Waals surface area contributed by atoms with Crippen molar-refractivity contribution in [3.05, 3.63) is 76.4 Å². The van der Waals surface area contributed by atoms with Crippen LogP contribution in [0.4, 0.5) is 0 Å². The van der Waals surface area contributed by atoms with Gasteiger partial charge in [-0.15, -0.1) is 0 Å². The molecule has 0 atom stereocenters. The van der Waals surface area contributed by atoms with E-state index in [0.717, 1.165) is 0 Å². The quantitative estimate of drug-likeness (QED) is 0.620. The number of nitrogens with zero attached hydrogens (tertiary/aromatic N) is 2. The van der Waals surface area contributed by atoms with Crippen molar-refractivity contribution >= 4 is 0 Å². The molecule has 0 aliphatic carbocycles. The Balaban J connectivity index is 2.13. The van der Waals surface area contributed by atoms with Crippen LogP contribution in [0.2, 0.25) is 0 Å². The van der Waals surface area contributed by atoms with Crippen LogP contribution in [0.15, 0.2) is 36.7 Å². The minimum Gasteiger partial charge on any atom is -0.188 e. The van der Waals surface area contributed by atoms with Crippen molar-refractivity contribution in [1.29, 1.82) is 0 Å². The fraction of sp³-hybridized carbons (Fsp3) is 0.286. The Morgan fingerprint density at radius 1 is 0.739 bits per heavy atom. The van der Waals surface area contributed by atoms with Crippen molar-refractivity contribution in [3.8, 4) is 11.4 Å². The highest BCUT2D eigenvalue weighted by molar-refractivity contribution is 5.49. The normalized spacial score (nSPS) is 11.0. The van der Waals surface area contributed by atoms with Gasteiger partial charge in [0.15, 0.2) is 0 Å². The molecule has 0 unspecified atom stereocenters. The highest BCUT2D eigenvalue weighted by Crippen LogP contribution is 2.21. The molecule has 0 saturated carbocycles. The van der Waals surface area contributed by atoms with Gasteiger partial charge in [0.05, 0.1) is 0 Å². The first kappa shape index (κ1) is 15.5. The Hall–Kier alpha value is -2.35. The van der Waals surface area contributed by atoms with Gasteiger partial charge in [-0.1, -0.05) is 35.4 Å². The predicted octanol–water partition coefficient (Wildman–Crippen LogP) is 4.40. The monoisotopic (exact) mass is 304 g/mol. The Bertz CT molecular complexity index is 767. The van der Waals surface area contributed by atoms with E-state index in [0.29, 0.717) is 0 Å². The van der Waals surface area contributed by atoms with E-state index in [-0.39, 0.29) is 0 Å². The van der Waals surface area contributed by atoms with Crippen molar-refractivity contribution in [3.63, 3.8) is 0 Å². The topological polar surface area (TPSA) is 8.81 Å². The van der Waals surface area contributed by atoms with Gasteiger partial charge in [0.2, 0.25) is 0 Å². The zero-order valence-corrected chi connectivity index (χ0v) is 14.9. The van der Waals surface area contributed by atoms with Crippen molar-refractivity contribution in [2.24, 2.45) is 0 Å². The Morgan fingerprint density at radius 2 is 1.22 bits per heavy atom. The van der Waals surface area contributed by atoms with Gasteiger partial charge < -0.3 is 0 Å². The van der Waals surface area contributed by atoms with E-state index >= 15 is 0 Å². The molecule has 2 nitrogen and oxygen atoms in total. The molecule has 2 heteroatoms.